The molecule has 1 aromatic rings. The molecule has 1 aromatic heterocycles. The fourth-order valence-corrected chi connectivity index (χ4v) is 4.63. The highest BCUT2D eigenvalue weighted by Gasteiger charge is 2.29. The van der Waals surface area contributed by atoms with Gasteiger partial charge in [0.25, 0.3) is 0 Å². The number of rotatable bonds is 3. The highest BCUT2D eigenvalue weighted by Crippen LogP contribution is 2.29. The topological polar surface area (TPSA) is 58.3 Å². The Morgan fingerprint density at radius 1 is 1.42 bits per heavy atom. The van der Waals surface area contributed by atoms with Crippen LogP contribution >= 0.6 is 11.8 Å². The van der Waals surface area contributed by atoms with Gasteiger partial charge in [0.2, 0.25) is 0 Å². The summed E-state index contributed by atoms with van der Waals surface area (Å²) in [6.45, 7) is 13.8. The van der Waals surface area contributed by atoms with E-state index in [0.717, 1.165) is 63.2 Å². The molecular weight excluding hydrogens is 320 g/mol. The van der Waals surface area contributed by atoms with E-state index in [-0.39, 0.29) is 0 Å². The van der Waals surface area contributed by atoms with Gasteiger partial charge < -0.3 is 14.8 Å². The Hall–Kier alpha value is -1.24. The summed E-state index contributed by atoms with van der Waals surface area (Å²) in [5.41, 5.74) is 0. The van der Waals surface area contributed by atoms with Gasteiger partial charge in [-0.3, -0.25) is 4.99 Å². The Morgan fingerprint density at radius 3 is 3.00 bits per heavy atom. The molecule has 2 aliphatic rings. The number of aryl methyl sites for hydroxylation is 2. The third-order valence-corrected chi connectivity index (χ3v) is 6.09. The van der Waals surface area contributed by atoms with E-state index in [4.69, 9.17) is 4.99 Å². The monoisotopic (exact) mass is 350 g/mol. The van der Waals surface area contributed by atoms with Gasteiger partial charge in [0, 0.05) is 49.6 Å². The first-order chi connectivity index (χ1) is 11.5. The molecule has 0 saturated carbocycles. The second-order valence-electron chi connectivity index (χ2n) is 7.40. The maximum atomic E-state index is 4.98. The first-order valence-electron chi connectivity index (χ1n) is 9.04. The molecule has 134 valence electrons. The van der Waals surface area contributed by atoms with Crippen LogP contribution in [-0.2, 0) is 13.0 Å². The predicted molar refractivity (Wildman–Crippen MR) is 101 cm³/mol. The fraction of sp³-hybridized carbons (Fsp3) is 0.824. The predicted octanol–water partition coefficient (Wildman–Crippen LogP) is 1.94. The van der Waals surface area contributed by atoms with Crippen molar-refractivity contribution in [1.29, 1.82) is 0 Å². The highest BCUT2D eigenvalue weighted by molar-refractivity contribution is 8.00. The van der Waals surface area contributed by atoms with Crippen molar-refractivity contribution in [2.24, 2.45) is 10.9 Å². The zero-order chi connectivity index (χ0) is 17.2. The lowest BCUT2D eigenvalue weighted by Gasteiger charge is -2.39. The van der Waals surface area contributed by atoms with Crippen LogP contribution in [0.25, 0.3) is 0 Å². The maximum Gasteiger partial charge on any atom is 0.193 e. The first-order valence-corrected chi connectivity index (χ1v) is 10.0. The SMILES string of the molecule is CCNC(=NCC1CCc2nnc(C)n2C1)N1CCSC(C)(C)C1. The van der Waals surface area contributed by atoms with Crippen LogP contribution in [0.4, 0.5) is 0 Å². The number of nitrogens with zero attached hydrogens (tertiary/aromatic N) is 5. The molecule has 24 heavy (non-hydrogen) atoms. The summed E-state index contributed by atoms with van der Waals surface area (Å²) in [6.07, 6.45) is 2.17. The van der Waals surface area contributed by atoms with Crippen LogP contribution in [0.3, 0.4) is 0 Å². The minimum absolute atomic E-state index is 0.299. The van der Waals surface area contributed by atoms with Crippen molar-refractivity contribution in [3.05, 3.63) is 11.6 Å². The lowest BCUT2D eigenvalue weighted by Crippen LogP contribution is -2.51. The van der Waals surface area contributed by atoms with Gasteiger partial charge in [0.15, 0.2) is 5.96 Å². The summed E-state index contributed by atoms with van der Waals surface area (Å²) in [6, 6.07) is 0. The highest BCUT2D eigenvalue weighted by atomic mass is 32.2. The minimum Gasteiger partial charge on any atom is -0.357 e. The summed E-state index contributed by atoms with van der Waals surface area (Å²) < 4.78 is 2.56. The van der Waals surface area contributed by atoms with Crippen molar-refractivity contribution in [2.45, 2.75) is 51.8 Å². The summed E-state index contributed by atoms with van der Waals surface area (Å²) in [7, 11) is 0. The van der Waals surface area contributed by atoms with Gasteiger partial charge in [0.1, 0.15) is 11.6 Å². The number of fused-ring (bicyclic) bond motifs is 1. The molecule has 7 heteroatoms. The van der Waals surface area contributed by atoms with Crippen LogP contribution in [0.15, 0.2) is 4.99 Å². The molecule has 6 nitrogen and oxygen atoms in total. The van der Waals surface area contributed by atoms with Crippen molar-refractivity contribution in [3.63, 3.8) is 0 Å². The minimum atomic E-state index is 0.299. The molecule has 1 atom stereocenters. The van der Waals surface area contributed by atoms with Gasteiger partial charge in [-0.25, -0.2) is 0 Å². The van der Waals surface area contributed by atoms with Crippen LogP contribution in [0.1, 0.15) is 38.8 Å². The molecule has 0 aromatic carbocycles. The average Bonchev–Trinajstić information content (AvgIpc) is 2.91. The number of hydrogen-bond acceptors (Lipinski definition) is 4. The van der Waals surface area contributed by atoms with E-state index >= 15 is 0 Å². The first kappa shape index (κ1) is 17.6. The molecular formula is C17H30N6S. The Balaban J connectivity index is 1.65. The molecule has 1 unspecified atom stereocenters. The summed E-state index contributed by atoms with van der Waals surface area (Å²) in [5.74, 6) is 4.99. The van der Waals surface area contributed by atoms with Gasteiger partial charge in [-0.2, -0.15) is 11.8 Å². The van der Waals surface area contributed by atoms with Gasteiger partial charge in [-0.1, -0.05) is 0 Å². The Labute approximate surface area is 149 Å². The van der Waals surface area contributed by atoms with Gasteiger partial charge in [-0.05, 0) is 40.0 Å². The lowest BCUT2D eigenvalue weighted by molar-refractivity contribution is 0.356. The zero-order valence-corrected chi connectivity index (χ0v) is 16.2. The number of thioether (sulfide) groups is 1. The molecule has 0 amide bonds. The van der Waals surface area contributed by atoms with Crippen molar-refractivity contribution in [2.75, 3.05) is 31.9 Å². The standard InChI is InChI=1S/C17H30N6S/c1-5-18-16(22-8-9-24-17(3,4)12-22)19-10-14-6-7-15-21-20-13(2)23(15)11-14/h14H,5-12H2,1-4H3,(H,18,19). The van der Waals surface area contributed by atoms with Crippen LogP contribution in [-0.4, -0.2) is 62.3 Å². The van der Waals surface area contributed by atoms with Crippen LogP contribution in [0, 0.1) is 12.8 Å². The third kappa shape index (κ3) is 4.05. The molecule has 0 aliphatic carbocycles. The summed E-state index contributed by atoms with van der Waals surface area (Å²) in [5, 5.41) is 12.0. The Bertz CT molecular complexity index is 594. The quantitative estimate of drug-likeness (QED) is 0.667. The Kier molecular flexibility index (Phi) is 5.37. The molecule has 1 N–H and O–H groups in total. The van der Waals surface area contributed by atoms with E-state index < -0.39 is 0 Å². The molecule has 0 spiro atoms. The van der Waals surface area contributed by atoms with E-state index in [0.29, 0.717) is 10.7 Å². The molecule has 2 aliphatic heterocycles. The number of nitrogens with one attached hydrogen (secondary N) is 1. The number of aromatic nitrogens is 3. The van der Waals surface area contributed by atoms with E-state index in [1.54, 1.807) is 0 Å². The zero-order valence-electron chi connectivity index (χ0n) is 15.4. The van der Waals surface area contributed by atoms with Crippen molar-refractivity contribution < 1.29 is 0 Å². The van der Waals surface area contributed by atoms with Crippen LogP contribution < -0.4 is 5.32 Å². The lowest BCUT2D eigenvalue weighted by atomic mass is 9.99. The van der Waals surface area contributed by atoms with Crippen LogP contribution in [0.2, 0.25) is 0 Å². The molecule has 0 bridgehead atoms. The van der Waals surface area contributed by atoms with E-state index in [2.05, 4.69) is 57.5 Å². The maximum absolute atomic E-state index is 4.98. The normalized spacial score (nSPS) is 23.9. The van der Waals surface area contributed by atoms with Gasteiger partial charge in [-0.15, -0.1) is 10.2 Å². The van der Waals surface area contributed by atoms with E-state index in [9.17, 15) is 0 Å². The number of hydrogen-bond donors (Lipinski definition) is 1. The summed E-state index contributed by atoms with van der Waals surface area (Å²) >= 11 is 2.06. The molecule has 1 fully saturated rings. The molecule has 3 rings (SSSR count). The third-order valence-electron chi connectivity index (χ3n) is 4.79. The smallest absolute Gasteiger partial charge is 0.193 e. The average molecular weight is 351 g/mol. The fourth-order valence-electron chi connectivity index (χ4n) is 3.52. The largest absolute Gasteiger partial charge is 0.357 e. The van der Waals surface area contributed by atoms with Gasteiger partial charge in [0.05, 0.1) is 0 Å². The number of aliphatic imine (C=N–C) groups is 1. The van der Waals surface area contributed by atoms with E-state index in [1.807, 2.05) is 6.92 Å². The number of guanidine groups is 1. The summed E-state index contributed by atoms with van der Waals surface area (Å²) in [4.78, 5) is 7.41. The van der Waals surface area contributed by atoms with E-state index in [1.165, 1.54) is 5.75 Å². The van der Waals surface area contributed by atoms with Crippen molar-refractivity contribution in [1.82, 2.24) is 25.0 Å². The second kappa shape index (κ2) is 7.33. The van der Waals surface area contributed by atoms with Gasteiger partial charge >= 0.3 is 0 Å². The second-order valence-corrected chi connectivity index (χ2v) is 9.21. The Morgan fingerprint density at radius 2 is 2.25 bits per heavy atom. The van der Waals surface area contributed by atoms with Crippen molar-refractivity contribution >= 4 is 17.7 Å². The molecule has 1 saturated heterocycles. The van der Waals surface area contributed by atoms with Crippen LogP contribution in [0.5, 0.6) is 0 Å². The molecule has 0 radical (unpaired) electrons. The van der Waals surface area contributed by atoms with Crippen molar-refractivity contribution in [3.8, 4) is 0 Å². The molecule has 3 heterocycles.